The summed E-state index contributed by atoms with van der Waals surface area (Å²) in [6.45, 7) is 12.9. The van der Waals surface area contributed by atoms with Crippen LogP contribution in [-0.2, 0) is 11.3 Å². The number of rotatable bonds is 8. The van der Waals surface area contributed by atoms with Gasteiger partial charge in [0, 0.05) is 71.5 Å². The molecule has 2 heterocycles. The number of hydrogen-bond donors (Lipinski definition) is 1. The van der Waals surface area contributed by atoms with Gasteiger partial charge in [-0.15, -0.1) is 0 Å². The lowest BCUT2D eigenvalue weighted by Crippen LogP contribution is -2.53. The first-order valence-corrected chi connectivity index (χ1v) is 11.3. The van der Waals surface area contributed by atoms with Crippen LogP contribution < -0.4 is 14.8 Å². The number of piperazine rings is 1. The Morgan fingerprint density at radius 1 is 1.06 bits per heavy atom. The second-order valence-electron chi connectivity index (χ2n) is 8.39. The van der Waals surface area contributed by atoms with Crippen LogP contribution in [0.1, 0.15) is 12.5 Å². The Labute approximate surface area is 187 Å². The largest absolute Gasteiger partial charge is 0.497 e. The van der Waals surface area contributed by atoms with Crippen LogP contribution in [-0.4, -0.2) is 107 Å². The molecular weight excluding hydrogens is 394 g/mol. The third-order valence-electron chi connectivity index (χ3n) is 6.05. The predicted molar refractivity (Wildman–Crippen MR) is 124 cm³/mol. The average molecular weight is 434 g/mol. The molecule has 2 aliphatic rings. The minimum atomic E-state index is 0.566. The molecule has 0 aliphatic carbocycles. The maximum atomic E-state index is 5.54. The van der Waals surface area contributed by atoms with Gasteiger partial charge in [0.2, 0.25) is 0 Å². The summed E-state index contributed by atoms with van der Waals surface area (Å²) in [5.74, 6) is 3.35. The Bertz CT molecular complexity index is 700. The van der Waals surface area contributed by atoms with Crippen LogP contribution in [0.25, 0.3) is 0 Å². The molecule has 1 N–H and O–H groups in total. The van der Waals surface area contributed by atoms with Gasteiger partial charge in [0.05, 0.1) is 27.4 Å². The molecule has 0 radical (unpaired) electrons. The molecule has 0 amide bonds. The van der Waals surface area contributed by atoms with Gasteiger partial charge >= 0.3 is 0 Å². The van der Waals surface area contributed by atoms with Crippen molar-refractivity contribution >= 4 is 5.96 Å². The highest BCUT2D eigenvalue weighted by atomic mass is 16.5. The van der Waals surface area contributed by atoms with E-state index in [0.29, 0.717) is 5.92 Å². The van der Waals surface area contributed by atoms with Gasteiger partial charge in [-0.05, 0) is 24.1 Å². The summed E-state index contributed by atoms with van der Waals surface area (Å²) in [6.07, 6.45) is 0. The molecule has 0 saturated carbocycles. The third kappa shape index (κ3) is 6.98. The molecule has 1 unspecified atom stereocenters. The molecule has 1 aromatic rings. The molecule has 0 spiro atoms. The summed E-state index contributed by atoms with van der Waals surface area (Å²) >= 11 is 0. The van der Waals surface area contributed by atoms with Crippen molar-refractivity contribution in [2.45, 2.75) is 13.5 Å². The predicted octanol–water partition coefficient (Wildman–Crippen LogP) is 1.37. The van der Waals surface area contributed by atoms with Crippen LogP contribution in [0.4, 0.5) is 0 Å². The minimum Gasteiger partial charge on any atom is -0.497 e. The van der Waals surface area contributed by atoms with E-state index in [1.807, 2.05) is 19.2 Å². The van der Waals surface area contributed by atoms with E-state index in [9.17, 15) is 0 Å². The van der Waals surface area contributed by atoms with Crippen molar-refractivity contribution in [3.05, 3.63) is 23.8 Å². The van der Waals surface area contributed by atoms with Gasteiger partial charge in [-0.3, -0.25) is 14.8 Å². The molecule has 1 aromatic carbocycles. The molecule has 1 atom stereocenters. The maximum absolute atomic E-state index is 5.54. The zero-order valence-corrected chi connectivity index (χ0v) is 19.6. The number of ether oxygens (including phenoxy) is 3. The molecular formula is C23H39N5O3. The SMILES string of the molecule is CN=C(NCC(C)CN1CCOCC1)N1CCN(Cc2cc(OC)ccc2OC)CC1. The van der Waals surface area contributed by atoms with E-state index in [4.69, 9.17) is 14.2 Å². The number of morpholine rings is 1. The lowest BCUT2D eigenvalue weighted by Gasteiger charge is -2.37. The molecule has 31 heavy (non-hydrogen) atoms. The van der Waals surface area contributed by atoms with E-state index in [0.717, 1.165) is 95.1 Å². The van der Waals surface area contributed by atoms with Gasteiger partial charge in [-0.2, -0.15) is 0 Å². The second kappa shape index (κ2) is 12.1. The van der Waals surface area contributed by atoms with Crippen molar-refractivity contribution in [1.29, 1.82) is 0 Å². The van der Waals surface area contributed by atoms with E-state index in [1.54, 1.807) is 14.2 Å². The molecule has 2 fully saturated rings. The number of guanidine groups is 1. The highest BCUT2D eigenvalue weighted by Gasteiger charge is 2.21. The van der Waals surface area contributed by atoms with Crippen molar-refractivity contribution < 1.29 is 14.2 Å². The second-order valence-corrected chi connectivity index (χ2v) is 8.39. The monoisotopic (exact) mass is 433 g/mol. The van der Waals surface area contributed by atoms with Gasteiger partial charge in [0.15, 0.2) is 5.96 Å². The summed E-state index contributed by atoms with van der Waals surface area (Å²) in [4.78, 5) is 11.8. The smallest absolute Gasteiger partial charge is 0.193 e. The molecule has 174 valence electrons. The molecule has 0 bridgehead atoms. The quantitative estimate of drug-likeness (QED) is 0.491. The first-order valence-electron chi connectivity index (χ1n) is 11.3. The van der Waals surface area contributed by atoms with Crippen LogP contribution in [0.15, 0.2) is 23.2 Å². The van der Waals surface area contributed by atoms with Crippen LogP contribution in [0.2, 0.25) is 0 Å². The third-order valence-corrected chi connectivity index (χ3v) is 6.05. The Balaban J connectivity index is 1.44. The standard InChI is InChI=1S/C23H39N5O3/c1-19(17-27-11-13-31-14-12-27)16-25-23(24-2)28-9-7-26(8-10-28)18-20-15-21(29-3)5-6-22(20)30-4/h5-6,15,19H,7-14,16-18H2,1-4H3,(H,24,25). The van der Waals surface area contributed by atoms with E-state index in [2.05, 4.69) is 38.0 Å². The fourth-order valence-electron chi connectivity index (χ4n) is 4.25. The zero-order chi connectivity index (χ0) is 22.1. The first kappa shape index (κ1) is 23.6. The molecule has 2 aliphatic heterocycles. The van der Waals surface area contributed by atoms with Gasteiger partial charge in [-0.25, -0.2) is 0 Å². The van der Waals surface area contributed by atoms with E-state index < -0.39 is 0 Å². The van der Waals surface area contributed by atoms with Crippen molar-refractivity contribution in [2.24, 2.45) is 10.9 Å². The van der Waals surface area contributed by atoms with Gasteiger partial charge < -0.3 is 24.4 Å². The molecule has 8 heteroatoms. The average Bonchev–Trinajstić information content (AvgIpc) is 2.81. The van der Waals surface area contributed by atoms with Crippen molar-refractivity contribution in [3.63, 3.8) is 0 Å². The fourth-order valence-corrected chi connectivity index (χ4v) is 4.25. The van der Waals surface area contributed by atoms with Crippen LogP contribution in [0, 0.1) is 5.92 Å². The molecule has 3 rings (SSSR count). The Morgan fingerprint density at radius 3 is 2.45 bits per heavy atom. The highest BCUT2D eigenvalue weighted by Crippen LogP contribution is 2.25. The summed E-state index contributed by atoms with van der Waals surface area (Å²) in [7, 11) is 5.30. The van der Waals surface area contributed by atoms with Crippen molar-refractivity contribution in [3.8, 4) is 11.5 Å². The van der Waals surface area contributed by atoms with Crippen LogP contribution >= 0.6 is 0 Å². The summed E-state index contributed by atoms with van der Waals surface area (Å²) < 4.78 is 16.4. The first-order chi connectivity index (χ1) is 15.1. The molecule has 8 nitrogen and oxygen atoms in total. The Morgan fingerprint density at radius 2 is 1.81 bits per heavy atom. The molecule has 0 aromatic heterocycles. The number of hydrogen-bond acceptors (Lipinski definition) is 6. The Kier molecular flexibility index (Phi) is 9.24. The van der Waals surface area contributed by atoms with Crippen LogP contribution in [0.5, 0.6) is 11.5 Å². The fraction of sp³-hybridized carbons (Fsp3) is 0.696. The zero-order valence-electron chi connectivity index (χ0n) is 19.6. The minimum absolute atomic E-state index is 0.566. The van der Waals surface area contributed by atoms with E-state index >= 15 is 0 Å². The molecule has 2 saturated heterocycles. The van der Waals surface area contributed by atoms with E-state index in [1.165, 1.54) is 0 Å². The lowest BCUT2D eigenvalue weighted by atomic mass is 10.1. The van der Waals surface area contributed by atoms with Crippen molar-refractivity contribution in [1.82, 2.24) is 20.0 Å². The number of nitrogens with zero attached hydrogens (tertiary/aromatic N) is 4. The number of nitrogens with one attached hydrogen (secondary N) is 1. The highest BCUT2D eigenvalue weighted by molar-refractivity contribution is 5.80. The van der Waals surface area contributed by atoms with Crippen molar-refractivity contribution in [2.75, 3.05) is 86.8 Å². The number of methoxy groups -OCH3 is 2. The summed E-state index contributed by atoms with van der Waals surface area (Å²) in [5.41, 5.74) is 1.16. The van der Waals surface area contributed by atoms with Gasteiger partial charge in [-0.1, -0.05) is 6.92 Å². The van der Waals surface area contributed by atoms with E-state index in [-0.39, 0.29) is 0 Å². The lowest BCUT2D eigenvalue weighted by molar-refractivity contribution is 0.0320. The summed E-state index contributed by atoms with van der Waals surface area (Å²) in [5, 5.41) is 3.59. The summed E-state index contributed by atoms with van der Waals surface area (Å²) in [6, 6.07) is 5.99. The topological polar surface area (TPSA) is 61.8 Å². The normalized spacial score (nSPS) is 19.9. The Hall–Kier alpha value is -2.03. The number of benzene rings is 1. The van der Waals surface area contributed by atoms with Gasteiger partial charge in [0.25, 0.3) is 0 Å². The maximum Gasteiger partial charge on any atom is 0.193 e. The van der Waals surface area contributed by atoms with Crippen LogP contribution in [0.3, 0.4) is 0 Å². The number of aliphatic imine (C=N–C) groups is 1. The van der Waals surface area contributed by atoms with Gasteiger partial charge in [0.1, 0.15) is 11.5 Å².